The van der Waals surface area contributed by atoms with Gasteiger partial charge in [0.05, 0.1) is 25.4 Å². The third kappa shape index (κ3) is 17.9. The maximum absolute atomic E-state index is 13.1. The molecule has 11 heteroatoms. The lowest BCUT2D eigenvalue weighted by molar-refractivity contribution is -0.303. The van der Waals surface area contributed by atoms with Gasteiger partial charge in [0, 0.05) is 6.42 Å². The average Bonchev–Trinajstić information content (AvgIpc) is 3.10. The zero-order valence-electron chi connectivity index (χ0n) is 29.8. The predicted molar refractivity (Wildman–Crippen MR) is 187 cm³/mol. The Morgan fingerprint density at radius 3 is 1.94 bits per heavy atom. The van der Waals surface area contributed by atoms with Gasteiger partial charge in [0.15, 0.2) is 6.29 Å². The number of nitrogens with one attached hydrogen (secondary N) is 1. The third-order valence-corrected chi connectivity index (χ3v) is 9.58. The fraction of sp³-hybridized carbons (Fsp3) is 0.816. The van der Waals surface area contributed by atoms with Crippen molar-refractivity contribution in [3.8, 4) is 0 Å². The van der Waals surface area contributed by atoms with Gasteiger partial charge in [-0.1, -0.05) is 115 Å². The van der Waals surface area contributed by atoms with E-state index < -0.39 is 55.6 Å². The molecule has 0 unspecified atom stereocenters. The summed E-state index contributed by atoms with van der Waals surface area (Å²) in [5, 5.41) is 64.7. The first-order chi connectivity index (χ1) is 23.7. The fourth-order valence-corrected chi connectivity index (χ4v) is 6.34. The second-order valence-electron chi connectivity index (χ2n) is 13.8. The molecule has 2 rings (SSSR count). The van der Waals surface area contributed by atoms with Crippen LogP contribution in [0.2, 0.25) is 0 Å². The summed E-state index contributed by atoms with van der Waals surface area (Å²) in [4.78, 5) is 12.9. The van der Waals surface area contributed by atoms with Crippen LogP contribution in [-0.2, 0) is 20.7 Å². The van der Waals surface area contributed by atoms with Gasteiger partial charge in [-0.3, -0.25) is 4.79 Å². The molecule has 1 aliphatic rings. The number of hydrogen-bond acceptors (Lipinski definition) is 9. The number of aliphatic hydroxyl groups is 6. The number of carbonyl (C=O) groups is 1. The minimum atomic E-state index is -1.62. The summed E-state index contributed by atoms with van der Waals surface area (Å²) in [5.74, 6) is -0.559. The zero-order chi connectivity index (χ0) is 35.9. The molecular weight excluding hydrogens is 633 g/mol. The van der Waals surface area contributed by atoms with Crippen LogP contribution in [0.3, 0.4) is 0 Å². The van der Waals surface area contributed by atoms with Gasteiger partial charge in [-0.15, -0.1) is 0 Å². The van der Waals surface area contributed by atoms with Crippen molar-refractivity contribution < 1.29 is 49.3 Å². The van der Waals surface area contributed by atoms with Crippen LogP contribution in [0.4, 0.5) is 4.39 Å². The summed E-state index contributed by atoms with van der Waals surface area (Å²) in [6.45, 7) is 1.27. The number of halogens is 1. The van der Waals surface area contributed by atoms with Gasteiger partial charge in [0.25, 0.3) is 0 Å². The van der Waals surface area contributed by atoms with Gasteiger partial charge < -0.3 is 45.4 Å². The van der Waals surface area contributed by atoms with Crippen LogP contribution in [0, 0.1) is 5.82 Å². The number of aliphatic hydroxyl groups excluding tert-OH is 6. The molecule has 0 bridgehead atoms. The van der Waals surface area contributed by atoms with Gasteiger partial charge in [0.1, 0.15) is 36.3 Å². The van der Waals surface area contributed by atoms with E-state index in [1.807, 2.05) is 0 Å². The van der Waals surface area contributed by atoms with Crippen molar-refractivity contribution >= 4 is 5.91 Å². The van der Waals surface area contributed by atoms with Crippen LogP contribution in [-0.4, -0.2) is 98.7 Å². The Bertz CT molecular complexity index is 969. The number of benzene rings is 1. The molecule has 0 saturated carbocycles. The SMILES string of the molecule is CCCCCCCCCCCCCC[C@@H](O)[C@@H](O)[C@H](CO[C@H]1O[C@H](CO)[C@H](O)[C@H](O)[C@H]1O)NC(=O)CCCCCCCc1ccc(F)cc1. The summed E-state index contributed by atoms with van der Waals surface area (Å²) in [7, 11) is 0. The highest BCUT2D eigenvalue weighted by Crippen LogP contribution is 2.23. The van der Waals surface area contributed by atoms with E-state index in [1.165, 1.54) is 63.5 Å². The Morgan fingerprint density at radius 1 is 0.796 bits per heavy atom. The molecule has 49 heavy (non-hydrogen) atoms. The van der Waals surface area contributed by atoms with Crippen LogP contribution in [0.25, 0.3) is 0 Å². The van der Waals surface area contributed by atoms with Crippen molar-refractivity contribution in [1.82, 2.24) is 5.32 Å². The third-order valence-electron chi connectivity index (χ3n) is 9.58. The molecule has 284 valence electrons. The van der Waals surface area contributed by atoms with E-state index >= 15 is 0 Å². The lowest BCUT2D eigenvalue weighted by atomic mass is 9.98. The van der Waals surface area contributed by atoms with Crippen LogP contribution in [0.1, 0.15) is 134 Å². The molecule has 0 radical (unpaired) electrons. The molecule has 7 N–H and O–H groups in total. The highest BCUT2D eigenvalue weighted by atomic mass is 19.1. The molecule has 10 nitrogen and oxygen atoms in total. The standard InChI is InChI=1S/C38H66FNO9/c1-2-3-4-5-6-7-8-9-10-11-14-17-20-31(42)34(44)30(27-48-38-37(47)36(46)35(45)32(26-41)49-38)40-33(43)21-18-15-12-13-16-19-28-22-24-29(39)25-23-28/h22-25,30-32,34-38,41-42,44-47H,2-21,26-27H2,1H3,(H,40,43)/t30-,31+,32+,34-,35-,36-,37+,38-/m0/s1. The number of carbonyl (C=O) groups excluding carboxylic acids is 1. The van der Waals surface area contributed by atoms with E-state index in [0.29, 0.717) is 12.8 Å². The topological polar surface area (TPSA) is 169 Å². The van der Waals surface area contributed by atoms with Gasteiger partial charge in [0.2, 0.25) is 5.91 Å². The molecule has 1 amide bonds. The second-order valence-corrected chi connectivity index (χ2v) is 13.8. The monoisotopic (exact) mass is 699 g/mol. The molecule has 0 spiro atoms. The maximum Gasteiger partial charge on any atom is 0.220 e. The normalized spacial score (nSPS) is 22.9. The molecule has 1 saturated heterocycles. The molecule has 8 atom stereocenters. The molecule has 1 aromatic carbocycles. The van der Waals surface area contributed by atoms with Crippen molar-refractivity contribution in [2.45, 2.75) is 184 Å². The van der Waals surface area contributed by atoms with Crippen LogP contribution >= 0.6 is 0 Å². The first-order valence-corrected chi connectivity index (χ1v) is 19.0. The van der Waals surface area contributed by atoms with Gasteiger partial charge in [-0.2, -0.15) is 0 Å². The number of unbranched alkanes of at least 4 members (excludes halogenated alkanes) is 15. The maximum atomic E-state index is 13.1. The fourth-order valence-electron chi connectivity index (χ4n) is 6.34. The van der Waals surface area contributed by atoms with Gasteiger partial charge in [-0.05, 0) is 43.4 Å². The molecule has 1 aromatic rings. The van der Waals surface area contributed by atoms with E-state index in [4.69, 9.17) is 9.47 Å². The molecule has 0 aliphatic carbocycles. The lowest BCUT2D eigenvalue weighted by Crippen LogP contribution is -2.60. The summed E-state index contributed by atoms with van der Waals surface area (Å²) in [5.41, 5.74) is 1.09. The van der Waals surface area contributed by atoms with Crippen LogP contribution < -0.4 is 5.32 Å². The minimum absolute atomic E-state index is 0.218. The summed E-state index contributed by atoms with van der Waals surface area (Å²) in [6, 6.07) is 5.49. The summed E-state index contributed by atoms with van der Waals surface area (Å²) in [6.07, 6.45) is 10.1. The minimum Gasteiger partial charge on any atom is -0.394 e. The molecule has 0 aromatic heterocycles. The first kappa shape index (κ1) is 43.5. The highest BCUT2D eigenvalue weighted by Gasteiger charge is 2.44. The van der Waals surface area contributed by atoms with Crippen molar-refractivity contribution in [1.29, 1.82) is 0 Å². The zero-order valence-corrected chi connectivity index (χ0v) is 29.8. The summed E-state index contributed by atoms with van der Waals surface area (Å²) < 4.78 is 24.1. The van der Waals surface area contributed by atoms with E-state index in [2.05, 4.69) is 12.2 Å². The Labute approximate surface area is 293 Å². The Morgan fingerprint density at radius 2 is 1.35 bits per heavy atom. The number of hydrogen-bond donors (Lipinski definition) is 7. The van der Waals surface area contributed by atoms with E-state index in [1.54, 1.807) is 12.1 Å². The smallest absolute Gasteiger partial charge is 0.220 e. The summed E-state index contributed by atoms with van der Waals surface area (Å²) >= 11 is 0. The predicted octanol–water partition coefficient (Wildman–Crippen LogP) is 4.82. The Kier molecular flexibility index (Phi) is 23.2. The lowest BCUT2D eigenvalue weighted by Gasteiger charge is -2.40. The number of aryl methyl sites for hydroxylation is 1. The largest absolute Gasteiger partial charge is 0.394 e. The van der Waals surface area contributed by atoms with Crippen molar-refractivity contribution in [3.05, 3.63) is 35.6 Å². The number of rotatable bonds is 28. The van der Waals surface area contributed by atoms with Crippen molar-refractivity contribution in [2.24, 2.45) is 0 Å². The van der Waals surface area contributed by atoms with E-state index in [9.17, 15) is 39.8 Å². The molecule has 1 fully saturated rings. The van der Waals surface area contributed by atoms with Crippen molar-refractivity contribution in [3.63, 3.8) is 0 Å². The van der Waals surface area contributed by atoms with Crippen molar-refractivity contribution in [2.75, 3.05) is 13.2 Å². The highest BCUT2D eigenvalue weighted by molar-refractivity contribution is 5.76. The van der Waals surface area contributed by atoms with E-state index in [0.717, 1.165) is 63.4 Å². The first-order valence-electron chi connectivity index (χ1n) is 19.0. The average molecular weight is 700 g/mol. The molecular formula is C38H66FNO9. The quantitative estimate of drug-likeness (QED) is 0.0607. The molecule has 1 heterocycles. The Balaban J connectivity index is 1.77. The second kappa shape index (κ2) is 26.1. The van der Waals surface area contributed by atoms with Gasteiger partial charge >= 0.3 is 0 Å². The number of ether oxygens (including phenoxy) is 2. The number of amides is 1. The molecule has 1 aliphatic heterocycles. The Hall–Kier alpha value is -1.70. The van der Waals surface area contributed by atoms with Crippen LogP contribution in [0.5, 0.6) is 0 Å². The van der Waals surface area contributed by atoms with Gasteiger partial charge in [-0.25, -0.2) is 4.39 Å². The van der Waals surface area contributed by atoms with Crippen LogP contribution in [0.15, 0.2) is 24.3 Å². The van der Waals surface area contributed by atoms with E-state index in [-0.39, 0.29) is 24.8 Å².